The van der Waals surface area contributed by atoms with Gasteiger partial charge in [0.2, 0.25) is 0 Å². The van der Waals surface area contributed by atoms with Gasteiger partial charge in [0, 0.05) is 12.3 Å². The van der Waals surface area contributed by atoms with Crippen molar-refractivity contribution in [2.45, 2.75) is 57.0 Å². The molecule has 0 amide bonds. The van der Waals surface area contributed by atoms with E-state index in [4.69, 9.17) is 9.47 Å². The highest BCUT2D eigenvalue weighted by molar-refractivity contribution is 5.71. The predicted octanol–water partition coefficient (Wildman–Crippen LogP) is 4.43. The molecule has 0 aromatic heterocycles. The average molecular weight is 392 g/mol. The normalized spacial score (nSPS) is 29.6. The molecule has 0 N–H and O–H groups in total. The Balaban J connectivity index is 1.24. The van der Waals surface area contributed by atoms with Crippen LogP contribution in [0, 0.1) is 5.92 Å². The van der Waals surface area contributed by atoms with Crippen molar-refractivity contribution in [2.24, 2.45) is 5.92 Å². The Labute approximate surface area is 172 Å². The zero-order valence-corrected chi connectivity index (χ0v) is 16.8. The van der Waals surface area contributed by atoms with Crippen LogP contribution in [0.4, 0.5) is 0 Å². The lowest BCUT2D eigenvalue weighted by molar-refractivity contribution is -0.160. The Kier molecular flexibility index (Phi) is 5.38. The van der Waals surface area contributed by atoms with E-state index in [9.17, 15) is 4.79 Å². The first-order valence-electron chi connectivity index (χ1n) is 11.0. The molecule has 29 heavy (non-hydrogen) atoms. The Morgan fingerprint density at radius 2 is 1.66 bits per heavy atom. The Morgan fingerprint density at radius 3 is 2.41 bits per heavy atom. The summed E-state index contributed by atoms with van der Waals surface area (Å²) in [7, 11) is 0. The van der Waals surface area contributed by atoms with Gasteiger partial charge in [0.25, 0.3) is 0 Å². The van der Waals surface area contributed by atoms with Crippen LogP contribution in [0.3, 0.4) is 0 Å². The van der Waals surface area contributed by atoms with Crippen LogP contribution in [-0.4, -0.2) is 42.2 Å². The van der Waals surface area contributed by atoms with Gasteiger partial charge in [-0.05, 0) is 42.6 Å². The van der Waals surface area contributed by atoms with Gasteiger partial charge in [-0.3, -0.25) is 9.69 Å². The zero-order chi connectivity index (χ0) is 19.6. The van der Waals surface area contributed by atoms with Crippen molar-refractivity contribution in [1.82, 2.24) is 4.90 Å². The lowest BCUT2D eigenvalue weighted by Gasteiger charge is -2.40. The molecule has 152 valence electrons. The van der Waals surface area contributed by atoms with Crippen molar-refractivity contribution in [3.63, 3.8) is 0 Å². The van der Waals surface area contributed by atoms with Crippen molar-refractivity contribution in [1.29, 1.82) is 0 Å². The number of likely N-dealkylation sites (tertiary alicyclic amines) is 1. The summed E-state index contributed by atoms with van der Waals surface area (Å²) in [5.74, 6) is 0.217. The molecule has 1 saturated carbocycles. The van der Waals surface area contributed by atoms with Crippen LogP contribution < -0.4 is 0 Å². The number of benzene rings is 2. The van der Waals surface area contributed by atoms with Crippen molar-refractivity contribution >= 4 is 5.97 Å². The SMILES string of the molecule is O=C1CC2C(OCc3ccc(-c4ccccc4)cc3)C[C@@H](O1)C2N1CCCCC1. The molecule has 2 bridgehead atoms. The lowest BCUT2D eigenvalue weighted by Crippen LogP contribution is -2.51. The molecule has 2 heterocycles. The van der Waals surface area contributed by atoms with Crippen molar-refractivity contribution in [3.8, 4) is 11.1 Å². The number of ether oxygens (including phenoxy) is 2. The van der Waals surface area contributed by atoms with E-state index in [1.807, 2.05) is 6.07 Å². The summed E-state index contributed by atoms with van der Waals surface area (Å²) >= 11 is 0. The van der Waals surface area contributed by atoms with Crippen LogP contribution in [0.5, 0.6) is 0 Å². The molecule has 2 aromatic rings. The highest BCUT2D eigenvalue weighted by atomic mass is 16.6. The molecular weight excluding hydrogens is 362 g/mol. The fourth-order valence-electron chi connectivity index (χ4n) is 5.36. The Bertz CT molecular complexity index is 829. The largest absolute Gasteiger partial charge is 0.461 e. The second-order valence-electron chi connectivity index (χ2n) is 8.63. The van der Waals surface area contributed by atoms with Crippen LogP contribution in [0.25, 0.3) is 11.1 Å². The van der Waals surface area contributed by atoms with E-state index < -0.39 is 0 Å². The molecule has 1 aliphatic carbocycles. The molecule has 4 nitrogen and oxygen atoms in total. The standard InChI is InChI=1S/C25H29NO3/c27-24-15-21-22(16-23(29-24)25(21)26-13-5-2-6-14-26)28-17-18-9-11-20(12-10-18)19-7-3-1-4-8-19/h1,3-4,7-12,21-23,25H,2,5-6,13-17H2/t21?,22?,23-,25?/m1/s1. The van der Waals surface area contributed by atoms with Gasteiger partial charge in [-0.2, -0.15) is 0 Å². The highest BCUT2D eigenvalue weighted by Gasteiger charge is 2.52. The summed E-state index contributed by atoms with van der Waals surface area (Å²) in [6.45, 7) is 2.84. The van der Waals surface area contributed by atoms with Crippen LogP contribution in [0.1, 0.15) is 37.7 Å². The molecule has 2 aliphatic heterocycles. The topological polar surface area (TPSA) is 38.8 Å². The van der Waals surface area contributed by atoms with E-state index in [0.717, 1.165) is 19.5 Å². The maximum absolute atomic E-state index is 12.0. The quantitative estimate of drug-likeness (QED) is 0.707. The van der Waals surface area contributed by atoms with Crippen molar-refractivity contribution in [2.75, 3.05) is 13.1 Å². The van der Waals surface area contributed by atoms with Gasteiger partial charge in [0.15, 0.2) is 0 Å². The minimum atomic E-state index is -0.0495. The van der Waals surface area contributed by atoms with Crippen LogP contribution in [-0.2, 0) is 20.9 Å². The van der Waals surface area contributed by atoms with Crippen molar-refractivity contribution in [3.05, 3.63) is 60.2 Å². The third-order valence-corrected chi connectivity index (χ3v) is 6.78. The van der Waals surface area contributed by atoms with Crippen molar-refractivity contribution < 1.29 is 14.3 Å². The third-order valence-electron chi connectivity index (χ3n) is 6.78. The first-order valence-corrected chi connectivity index (χ1v) is 11.0. The van der Waals surface area contributed by atoms with Gasteiger partial charge in [0.1, 0.15) is 6.10 Å². The van der Waals surface area contributed by atoms with E-state index in [2.05, 4.69) is 53.4 Å². The summed E-state index contributed by atoms with van der Waals surface area (Å²) in [4.78, 5) is 14.6. The maximum atomic E-state index is 12.0. The minimum absolute atomic E-state index is 0.00445. The molecule has 3 aliphatic rings. The summed E-state index contributed by atoms with van der Waals surface area (Å²) in [6.07, 6.45) is 5.26. The van der Waals surface area contributed by atoms with Crippen LogP contribution >= 0.6 is 0 Å². The molecule has 0 spiro atoms. The predicted molar refractivity (Wildman–Crippen MR) is 112 cm³/mol. The number of rotatable bonds is 5. The molecule has 5 rings (SSSR count). The van der Waals surface area contributed by atoms with Gasteiger partial charge in [-0.25, -0.2) is 0 Å². The van der Waals surface area contributed by atoms with Gasteiger partial charge in [-0.15, -0.1) is 0 Å². The number of hydrogen-bond acceptors (Lipinski definition) is 4. The molecule has 0 radical (unpaired) electrons. The minimum Gasteiger partial charge on any atom is -0.461 e. The molecular formula is C25H29NO3. The van der Waals surface area contributed by atoms with E-state index in [1.54, 1.807) is 0 Å². The van der Waals surface area contributed by atoms with Crippen LogP contribution in [0.2, 0.25) is 0 Å². The lowest BCUT2D eigenvalue weighted by atomic mass is 9.92. The summed E-state index contributed by atoms with van der Waals surface area (Å²) < 4.78 is 12.1. The summed E-state index contributed by atoms with van der Waals surface area (Å²) in [5.41, 5.74) is 3.62. The number of carbonyl (C=O) groups excluding carboxylic acids is 1. The molecule has 3 fully saturated rings. The van der Waals surface area contributed by atoms with Gasteiger partial charge in [0.05, 0.1) is 25.2 Å². The summed E-state index contributed by atoms with van der Waals surface area (Å²) in [5, 5.41) is 0. The number of carbonyl (C=O) groups is 1. The fourth-order valence-corrected chi connectivity index (χ4v) is 5.36. The smallest absolute Gasteiger partial charge is 0.306 e. The van der Waals surface area contributed by atoms with Gasteiger partial charge in [-0.1, -0.05) is 61.0 Å². The summed E-state index contributed by atoms with van der Waals surface area (Å²) in [6, 6.07) is 19.4. The third kappa shape index (κ3) is 3.96. The maximum Gasteiger partial charge on any atom is 0.306 e. The van der Waals surface area contributed by atoms with E-state index in [0.29, 0.717) is 19.1 Å². The second-order valence-corrected chi connectivity index (χ2v) is 8.63. The molecule has 3 unspecified atom stereocenters. The monoisotopic (exact) mass is 391 g/mol. The van der Waals surface area contributed by atoms with E-state index in [1.165, 1.54) is 36.0 Å². The number of nitrogens with zero attached hydrogens (tertiary/aromatic N) is 1. The Morgan fingerprint density at radius 1 is 0.931 bits per heavy atom. The Hall–Kier alpha value is -2.17. The number of fused-ring (bicyclic) bond motifs is 2. The molecule has 2 aromatic carbocycles. The van der Waals surface area contributed by atoms with Gasteiger partial charge >= 0.3 is 5.97 Å². The van der Waals surface area contributed by atoms with E-state index in [-0.39, 0.29) is 24.1 Å². The molecule has 4 atom stereocenters. The fraction of sp³-hybridized carbons (Fsp3) is 0.480. The molecule has 2 saturated heterocycles. The zero-order valence-electron chi connectivity index (χ0n) is 16.8. The number of esters is 1. The first kappa shape index (κ1) is 18.8. The molecule has 4 heteroatoms. The second kappa shape index (κ2) is 8.29. The first-order chi connectivity index (χ1) is 14.3. The highest BCUT2D eigenvalue weighted by Crippen LogP contribution is 2.42. The van der Waals surface area contributed by atoms with Gasteiger partial charge < -0.3 is 9.47 Å². The van der Waals surface area contributed by atoms with E-state index >= 15 is 0 Å². The number of hydrogen-bond donors (Lipinski definition) is 0. The van der Waals surface area contributed by atoms with Crippen LogP contribution in [0.15, 0.2) is 54.6 Å². The average Bonchev–Trinajstić information content (AvgIpc) is 3.01. The number of piperidine rings is 1.